The maximum atomic E-state index is 5.85. The first-order valence-corrected chi connectivity index (χ1v) is 10.0. The van der Waals surface area contributed by atoms with Gasteiger partial charge in [0.25, 0.3) is 0 Å². The number of hydrogen-bond acceptors (Lipinski definition) is 2. The van der Waals surface area contributed by atoms with Gasteiger partial charge in [0.1, 0.15) is 0 Å². The Balaban J connectivity index is 0.000000186. The summed E-state index contributed by atoms with van der Waals surface area (Å²) < 4.78 is 10.9. The van der Waals surface area contributed by atoms with Crippen LogP contribution in [0, 0.1) is 6.92 Å². The van der Waals surface area contributed by atoms with Gasteiger partial charge in [0, 0.05) is 13.2 Å². The number of rotatable bonds is 1. The van der Waals surface area contributed by atoms with Crippen LogP contribution in [0.5, 0.6) is 0 Å². The van der Waals surface area contributed by atoms with Crippen LogP contribution in [0.1, 0.15) is 31.2 Å². The minimum atomic E-state index is -0.656. The molecule has 2 aliphatic heterocycles. The van der Waals surface area contributed by atoms with Crippen LogP contribution in [0.15, 0.2) is 24.3 Å². The zero-order valence-corrected chi connectivity index (χ0v) is 13.8. The summed E-state index contributed by atoms with van der Waals surface area (Å²) >= 11 is 0. The first-order valence-electron chi connectivity index (χ1n) is 7.27. The Kier molecular flexibility index (Phi) is 6.85. The smallest absolute Gasteiger partial charge is 0.246 e. The zero-order valence-electron chi connectivity index (χ0n) is 11.8. The number of aryl methyl sites for hydroxylation is 1. The van der Waals surface area contributed by atoms with E-state index in [1.54, 1.807) is 0 Å². The Morgan fingerprint density at radius 2 is 1.89 bits per heavy atom. The van der Waals surface area contributed by atoms with Crippen molar-refractivity contribution in [2.75, 3.05) is 13.2 Å². The largest absolute Gasteiger partial charge is 0.417 e. The lowest BCUT2D eigenvalue weighted by atomic mass is 10.2. The second-order valence-corrected chi connectivity index (χ2v) is 8.24. The summed E-state index contributed by atoms with van der Waals surface area (Å²) in [5, 5.41) is 1.48. The highest BCUT2D eigenvalue weighted by atomic mass is 28.3. The summed E-state index contributed by atoms with van der Waals surface area (Å²) in [7, 11) is 0.146. The molecule has 0 amide bonds. The van der Waals surface area contributed by atoms with Crippen LogP contribution >= 0.6 is 0 Å². The van der Waals surface area contributed by atoms with Crippen LogP contribution < -0.4 is 5.19 Å². The normalized spacial score (nSPS) is 20.5. The summed E-state index contributed by atoms with van der Waals surface area (Å²) in [5.41, 5.74) is 1.40. The van der Waals surface area contributed by atoms with Crippen molar-refractivity contribution in [3.8, 4) is 0 Å². The predicted octanol–water partition coefficient (Wildman–Crippen LogP) is 2.84. The highest BCUT2D eigenvalue weighted by Crippen LogP contribution is 2.12. The van der Waals surface area contributed by atoms with Gasteiger partial charge in [-0.05, 0) is 42.6 Å². The monoisotopic (exact) mass is 291 g/mol. The Morgan fingerprint density at radius 1 is 1.05 bits per heavy atom. The molecule has 0 saturated carbocycles. The lowest BCUT2D eigenvalue weighted by Gasteiger charge is -2.21. The van der Waals surface area contributed by atoms with Gasteiger partial charge in [-0.25, -0.2) is 0 Å². The third-order valence-corrected chi connectivity index (χ3v) is 6.89. The first-order chi connectivity index (χ1) is 9.38. The second kappa shape index (κ2) is 8.69. The van der Waals surface area contributed by atoms with Gasteiger partial charge in [0.2, 0.25) is 18.8 Å². The third kappa shape index (κ3) is 5.22. The molecule has 2 heterocycles. The molecule has 0 atom stereocenters. The van der Waals surface area contributed by atoms with Crippen molar-refractivity contribution in [1.29, 1.82) is 0 Å². The fraction of sp³-hybridized carbons (Fsp3) is 0.600. The third-order valence-electron chi connectivity index (χ3n) is 3.40. The molecule has 103 valence electrons. The Bertz CT molecular complexity index is 349. The average molecular weight is 292 g/mol. The summed E-state index contributed by atoms with van der Waals surface area (Å²) in [4.78, 5) is 0. The number of hydrogen-bond donors (Lipinski definition) is 0. The van der Waals surface area contributed by atoms with Crippen LogP contribution in [-0.4, -0.2) is 32.0 Å². The van der Waals surface area contributed by atoms with E-state index in [4.69, 9.17) is 8.85 Å². The van der Waals surface area contributed by atoms with Crippen molar-refractivity contribution in [3.63, 3.8) is 0 Å². The molecule has 2 nitrogen and oxygen atoms in total. The number of benzene rings is 1. The summed E-state index contributed by atoms with van der Waals surface area (Å²) in [6, 6.07) is 11.2. The van der Waals surface area contributed by atoms with Crippen LogP contribution in [0.2, 0.25) is 12.1 Å². The van der Waals surface area contributed by atoms with Gasteiger partial charge in [-0.15, -0.1) is 0 Å². The van der Waals surface area contributed by atoms with E-state index in [1.165, 1.54) is 48.5 Å². The molecule has 2 fully saturated rings. The van der Waals surface area contributed by atoms with Gasteiger partial charge in [-0.3, -0.25) is 0 Å². The molecule has 0 aromatic heterocycles. The summed E-state index contributed by atoms with van der Waals surface area (Å²) in [5.74, 6) is 0. The highest BCUT2D eigenvalue weighted by molar-refractivity contribution is 6.68. The molecular formula is C15H23O2Si2. The minimum Gasteiger partial charge on any atom is -0.417 e. The van der Waals surface area contributed by atoms with Crippen LogP contribution in [-0.2, 0) is 8.85 Å². The molecule has 3 radical (unpaired) electrons. The Morgan fingerprint density at radius 3 is 2.42 bits per heavy atom. The predicted molar refractivity (Wildman–Crippen MR) is 82.3 cm³/mol. The topological polar surface area (TPSA) is 18.5 Å². The van der Waals surface area contributed by atoms with E-state index in [1.807, 2.05) is 0 Å². The van der Waals surface area contributed by atoms with E-state index in [2.05, 4.69) is 31.2 Å². The van der Waals surface area contributed by atoms with E-state index in [-0.39, 0.29) is 0 Å². The minimum absolute atomic E-state index is 0.656. The Hall–Kier alpha value is -0.426. The molecule has 19 heavy (non-hydrogen) atoms. The van der Waals surface area contributed by atoms with Crippen LogP contribution in [0.4, 0.5) is 0 Å². The molecule has 0 unspecified atom stereocenters. The molecule has 4 heteroatoms. The second-order valence-electron chi connectivity index (χ2n) is 4.99. The maximum absolute atomic E-state index is 5.85. The van der Waals surface area contributed by atoms with Crippen molar-refractivity contribution in [2.24, 2.45) is 0 Å². The van der Waals surface area contributed by atoms with Gasteiger partial charge in [0.15, 0.2) is 0 Å². The molecule has 0 spiro atoms. The molecular weight excluding hydrogens is 268 g/mol. The first kappa shape index (κ1) is 15.0. The van der Waals surface area contributed by atoms with Crippen molar-refractivity contribution in [2.45, 2.75) is 44.7 Å². The summed E-state index contributed by atoms with van der Waals surface area (Å²) in [6.45, 7) is 4.17. The fourth-order valence-electron chi connectivity index (χ4n) is 2.27. The van der Waals surface area contributed by atoms with Gasteiger partial charge >= 0.3 is 0 Å². The lowest BCUT2D eigenvalue weighted by molar-refractivity contribution is 0.294. The molecule has 0 bridgehead atoms. The van der Waals surface area contributed by atoms with Gasteiger partial charge < -0.3 is 8.85 Å². The lowest BCUT2D eigenvalue weighted by Crippen LogP contribution is -2.37. The van der Waals surface area contributed by atoms with Crippen LogP contribution in [0.3, 0.4) is 0 Å². The average Bonchev–Trinajstić information content (AvgIpc) is 2.51. The Labute approximate surface area is 121 Å². The quantitative estimate of drug-likeness (QED) is 0.741. The molecule has 1 aromatic rings. The summed E-state index contributed by atoms with van der Waals surface area (Å²) in [6.07, 6.45) is 5.27. The molecule has 2 aliphatic rings. The van der Waals surface area contributed by atoms with Gasteiger partial charge in [-0.2, -0.15) is 0 Å². The van der Waals surface area contributed by atoms with E-state index >= 15 is 0 Å². The van der Waals surface area contributed by atoms with E-state index < -0.39 is 9.04 Å². The fourth-order valence-corrected chi connectivity index (χ4v) is 5.43. The zero-order chi connectivity index (χ0) is 13.3. The van der Waals surface area contributed by atoms with E-state index in [0.717, 1.165) is 23.0 Å². The SMILES string of the molecule is C1CC[Si]OC1.Cc1ccccc1[Si]1CCCCO1. The van der Waals surface area contributed by atoms with Crippen LogP contribution in [0.25, 0.3) is 0 Å². The maximum Gasteiger partial charge on any atom is 0.246 e. The molecule has 2 saturated heterocycles. The van der Waals surface area contributed by atoms with E-state index in [0.29, 0.717) is 0 Å². The van der Waals surface area contributed by atoms with Crippen molar-refractivity contribution in [1.82, 2.24) is 0 Å². The van der Waals surface area contributed by atoms with Crippen molar-refractivity contribution < 1.29 is 8.85 Å². The highest BCUT2D eigenvalue weighted by Gasteiger charge is 2.20. The standard InChI is InChI=1S/C11H15OSi.C4H8OSi/c1-10-6-2-3-7-11(10)13-9-5-4-8-12-13;1-2-4-6-5-3-1/h2-3,6-7H,4-5,8-9H2,1H3;1-4H2. The molecule has 0 aliphatic carbocycles. The molecule has 1 aromatic carbocycles. The van der Waals surface area contributed by atoms with Gasteiger partial charge in [0.05, 0.1) is 0 Å². The van der Waals surface area contributed by atoms with Gasteiger partial charge in [-0.1, -0.05) is 37.1 Å². The van der Waals surface area contributed by atoms with Crippen molar-refractivity contribution in [3.05, 3.63) is 29.8 Å². The molecule has 0 N–H and O–H groups in total. The van der Waals surface area contributed by atoms with E-state index in [9.17, 15) is 0 Å². The van der Waals surface area contributed by atoms with Crippen molar-refractivity contribution >= 4 is 24.0 Å². The molecule has 3 rings (SSSR count).